The zero-order valence-corrected chi connectivity index (χ0v) is 16.8. The number of benzene rings is 3. The third kappa shape index (κ3) is 3.82. The van der Waals surface area contributed by atoms with Crippen molar-refractivity contribution in [3.63, 3.8) is 0 Å². The molecular weight excluding hydrogens is 374 g/mol. The van der Waals surface area contributed by atoms with E-state index < -0.39 is 0 Å². The summed E-state index contributed by atoms with van der Waals surface area (Å²) in [5.41, 5.74) is 4.07. The van der Waals surface area contributed by atoms with Gasteiger partial charge in [-0.15, -0.1) is 10.2 Å². The number of nitrogens with one attached hydrogen (secondary N) is 1. The van der Waals surface area contributed by atoms with Crippen molar-refractivity contribution in [3.05, 3.63) is 101 Å². The molecule has 0 aliphatic carbocycles. The van der Waals surface area contributed by atoms with Crippen LogP contribution in [-0.4, -0.2) is 23.1 Å². The molecule has 5 heteroatoms. The Morgan fingerprint density at radius 3 is 2.13 bits per heavy atom. The number of nitrogens with zero attached hydrogens (tertiary/aromatic N) is 2. The number of amides is 1. The Balaban J connectivity index is 1.80. The summed E-state index contributed by atoms with van der Waals surface area (Å²) in [5, 5.41) is 11.3. The Kier molecular flexibility index (Phi) is 5.35. The Morgan fingerprint density at radius 1 is 0.867 bits per heavy atom. The van der Waals surface area contributed by atoms with Gasteiger partial charge in [0.25, 0.3) is 5.91 Å². The largest absolute Gasteiger partial charge is 0.320 e. The SMILES string of the molecule is CC(C)c1ccc2c(c1)/C(=N/N=C(\C(=O)c1ccccc1)c1ccccc1)C(=O)N2. The Hall–Kier alpha value is -3.86. The van der Waals surface area contributed by atoms with Gasteiger partial charge in [-0.3, -0.25) is 9.59 Å². The highest BCUT2D eigenvalue weighted by Gasteiger charge is 2.27. The second kappa shape index (κ2) is 8.25. The van der Waals surface area contributed by atoms with Gasteiger partial charge in [-0.05, 0) is 23.6 Å². The minimum Gasteiger partial charge on any atom is -0.320 e. The van der Waals surface area contributed by atoms with Crippen LogP contribution in [0.25, 0.3) is 0 Å². The van der Waals surface area contributed by atoms with Crippen LogP contribution in [-0.2, 0) is 4.79 Å². The fourth-order valence-electron chi connectivity index (χ4n) is 3.29. The maximum Gasteiger partial charge on any atom is 0.276 e. The van der Waals surface area contributed by atoms with Crippen molar-refractivity contribution in [3.8, 4) is 0 Å². The molecule has 0 fully saturated rings. The van der Waals surface area contributed by atoms with Crippen LogP contribution in [0.4, 0.5) is 5.69 Å². The van der Waals surface area contributed by atoms with Gasteiger partial charge in [0, 0.05) is 16.7 Å². The molecule has 1 aliphatic rings. The smallest absolute Gasteiger partial charge is 0.276 e. The third-order valence-corrected chi connectivity index (χ3v) is 4.98. The number of fused-ring (bicyclic) bond motifs is 1. The Morgan fingerprint density at radius 2 is 1.50 bits per heavy atom. The van der Waals surface area contributed by atoms with Gasteiger partial charge in [0.15, 0.2) is 5.71 Å². The minimum absolute atomic E-state index is 0.190. The van der Waals surface area contributed by atoms with Gasteiger partial charge in [0.1, 0.15) is 5.71 Å². The summed E-state index contributed by atoms with van der Waals surface area (Å²) < 4.78 is 0. The predicted octanol–water partition coefficient (Wildman–Crippen LogP) is 4.84. The monoisotopic (exact) mass is 395 g/mol. The fourth-order valence-corrected chi connectivity index (χ4v) is 3.29. The van der Waals surface area contributed by atoms with Gasteiger partial charge in [-0.25, -0.2) is 0 Å². The predicted molar refractivity (Wildman–Crippen MR) is 119 cm³/mol. The highest BCUT2D eigenvalue weighted by atomic mass is 16.2. The maximum absolute atomic E-state index is 13.1. The van der Waals surface area contributed by atoms with Gasteiger partial charge >= 0.3 is 0 Å². The lowest BCUT2D eigenvalue weighted by Crippen LogP contribution is -2.17. The summed E-state index contributed by atoms with van der Waals surface area (Å²) in [6, 6.07) is 23.9. The molecule has 3 aromatic carbocycles. The molecule has 1 aliphatic heterocycles. The number of carbonyl (C=O) groups excluding carboxylic acids is 2. The second-order valence-corrected chi connectivity index (χ2v) is 7.37. The number of Topliss-reactive ketones (excluding diaryl/α,β-unsaturated/α-hetero) is 1. The number of carbonyl (C=O) groups is 2. The van der Waals surface area contributed by atoms with Gasteiger partial charge in [-0.2, -0.15) is 0 Å². The van der Waals surface area contributed by atoms with E-state index in [2.05, 4.69) is 29.4 Å². The van der Waals surface area contributed by atoms with Crippen molar-refractivity contribution < 1.29 is 9.59 Å². The van der Waals surface area contributed by atoms with Crippen LogP contribution in [0.2, 0.25) is 0 Å². The van der Waals surface area contributed by atoms with E-state index in [0.29, 0.717) is 28.3 Å². The molecular formula is C25H21N3O2. The lowest BCUT2D eigenvalue weighted by Gasteiger charge is -2.07. The van der Waals surface area contributed by atoms with Crippen LogP contribution in [0, 0.1) is 0 Å². The third-order valence-electron chi connectivity index (χ3n) is 4.98. The summed E-state index contributed by atoms with van der Waals surface area (Å²) in [6.45, 7) is 4.18. The van der Waals surface area contributed by atoms with Crippen molar-refractivity contribution in [2.75, 3.05) is 5.32 Å². The van der Waals surface area contributed by atoms with Gasteiger partial charge in [0.2, 0.25) is 5.78 Å². The van der Waals surface area contributed by atoms with Crippen LogP contribution in [0.15, 0.2) is 89.1 Å². The first-order chi connectivity index (χ1) is 14.5. The van der Waals surface area contributed by atoms with Crippen molar-refractivity contribution in [2.24, 2.45) is 10.2 Å². The van der Waals surface area contributed by atoms with E-state index in [1.54, 1.807) is 36.4 Å². The van der Waals surface area contributed by atoms with Crippen LogP contribution < -0.4 is 5.32 Å². The molecule has 0 radical (unpaired) electrons. The summed E-state index contributed by atoms with van der Waals surface area (Å²) in [5.74, 6) is -0.259. The quantitative estimate of drug-likeness (QED) is 0.381. The van der Waals surface area contributed by atoms with Crippen LogP contribution in [0.1, 0.15) is 46.8 Å². The first-order valence-corrected chi connectivity index (χ1v) is 9.81. The molecule has 0 atom stereocenters. The topological polar surface area (TPSA) is 70.9 Å². The zero-order chi connectivity index (χ0) is 21.1. The van der Waals surface area contributed by atoms with Crippen molar-refractivity contribution in [1.82, 2.24) is 0 Å². The number of rotatable bonds is 5. The van der Waals surface area contributed by atoms with E-state index >= 15 is 0 Å². The molecule has 3 aromatic rings. The molecule has 1 N–H and O–H groups in total. The summed E-state index contributed by atoms with van der Waals surface area (Å²) in [4.78, 5) is 25.6. The highest BCUT2D eigenvalue weighted by molar-refractivity contribution is 6.54. The molecule has 5 nitrogen and oxygen atoms in total. The molecule has 0 unspecified atom stereocenters. The lowest BCUT2D eigenvalue weighted by molar-refractivity contribution is -0.110. The van der Waals surface area contributed by atoms with Crippen molar-refractivity contribution in [1.29, 1.82) is 0 Å². The van der Waals surface area contributed by atoms with Crippen molar-refractivity contribution >= 4 is 28.8 Å². The fraction of sp³-hybridized carbons (Fsp3) is 0.120. The Bertz CT molecular complexity index is 1160. The molecule has 1 heterocycles. The number of ketones is 1. The van der Waals surface area contributed by atoms with Crippen LogP contribution >= 0.6 is 0 Å². The molecule has 0 saturated carbocycles. The summed E-state index contributed by atoms with van der Waals surface area (Å²) >= 11 is 0. The molecule has 0 bridgehead atoms. The number of hydrogen-bond donors (Lipinski definition) is 1. The van der Waals surface area contributed by atoms with Crippen molar-refractivity contribution in [2.45, 2.75) is 19.8 Å². The zero-order valence-electron chi connectivity index (χ0n) is 16.8. The normalized spacial score (nSPS) is 14.7. The van der Waals surface area contributed by atoms with Crippen LogP contribution in [0.3, 0.4) is 0 Å². The molecule has 148 valence electrons. The van der Waals surface area contributed by atoms with Gasteiger partial charge < -0.3 is 5.32 Å². The lowest BCUT2D eigenvalue weighted by atomic mass is 9.99. The average molecular weight is 395 g/mol. The summed E-state index contributed by atoms with van der Waals surface area (Å²) in [6.07, 6.45) is 0. The second-order valence-electron chi connectivity index (χ2n) is 7.37. The number of anilines is 1. The molecule has 0 saturated heterocycles. The first kappa shape index (κ1) is 19.5. The standard InChI is InChI=1S/C25H21N3O2/c1-16(2)19-13-14-21-20(15-19)23(25(30)26-21)28-27-22(17-9-5-3-6-10-17)24(29)18-11-7-4-8-12-18/h3-16H,1-2H3,(H,26,28,30)/b27-22-. The van der Waals surface area contributed by atoms with Crippen LogP contribution in [0.5, 0.6) is 0 Å². The van der Waals surface area contributed by atoms with E-state index in [1.165, 1.54) is 0 Å². The van der Waals surface area contributed by atoms with Gasteiger partial charge in [-0.1, -0.05) is 80.6 Å². The minimum atomic E-state index is -0.325. The first-order valence-electron chi connectivity index (χ1n) is 9.81. The molecule has 30 heavy (non-hydrogen) atoms. The molecule has 0 spiro atoms. The average Bonchev–Trinajstić information content (AvgIpc) is 3.09. The van der Waals surface area contributed by atoms with E-state index in [4.69, 9.17) is 0 Å². The molecule has 1 amide bonds. The molecule has 0 aromatic heterocycles. The van der Waals surface area contributed by atoms with E-state index in [9.17, 15) is 9.59 Å². The Labute approximate surface area is 175 Å². The van der Waals surface area contributed by atoms with E-state index in [0.717, 1.165) is 5.56 Å². The summed E-state index contributed by atoms with van der Waals surface area (Å²) in [7, 11) is 0. The maximum atomic E-state index is 13.1. The number of hydrogen-bond acceptors (Lipinski definition) is 4. The molecule has 4 rings (SSSR count). The van der Waals surface area contributed by atoms with E-state index in [1.807, 2.05) is 42.5 Å². The van der Waals surface area contributed by atoms with Gasteiger partial charge in [0.05, 0.1) is 5.69 Å². The van der Waals surface area contributed by atoms with E-state index in [-0.39, 0.29) is 23.1 Å². The highest BCUT2D eigenvalue weighted by Crippen LogP contribution is 2.27.